The van der Waals surface area contributed by atoms with Gasteiger partial charge in [-0.25, -0.2) is 4.79 Å². The molecule has 3 nitrogen and oxygen atoms in total. The molecule has 0 fully saturated rings. The molecule has 166 valence electrons. The molecule has 2 rings (SSSR count). The van der Waals surface area contributed by atoms with Crippen molar-refractivity contribution in [1.82, 2.24) is 0 Å². The predicted octanol–water partition coefficient (Wildman–Crippen LogP) is 6.40. The number of fused-ring (bicyclic) bond motifs is 1. The van der Waals surface area contributed by atoms with Crippen molar-refractivity contribution < 1.29 is 14.6 Å². The zero-order valence-corrected chi connectivity index (χ0v) is 20.4. The Morgan fingerprint density at radius 2 is 1.63 bits per heavy atom. The van der Waals surface area contributed by atoms with E-state index >= 15 is 0 Å². The minimum absolute atomic E-state index is 0.137. The van der Waals surface area contributed by atoms with E-state index in [-0.39, 0.29) is 10.8 Å². The topological polar surface area (TPSA) is 46.5 Å². The standard InChI is InChI=1S/C27H40O3/c1-10-30-25(29)14-19(5)24(28)16-20(17(2)3)21-15-23-22(13-18(21)4)26(6,7)11-12-27(23,8)9/h13-15,24,28H,10-12,16H2,1-9H3/b19-14+. The lowest BCUT2D eigenvalue weighted by molar-refractivity contribution is -0.137. The van der Waals surface area contributed by atoms with Crippen molar-refractivity contribution in [3.63, 3.8) is 0 Å². The van der Waals surface area contributed by atoms with Crippen LogP contribution in [0, 0.1) is 6.92 Å². The van der Waals surface area contributed by atoms with Crippen molar-refractivity contribution in [1.29, 1.82) is 0 Å². The molecule has 1 aromatic carbocycles. The fourth-order valence-corrected chi connectivity index (χ4v) is 4.45. The van der Waals surface area contributed by atoms with E-state index in [2.05, 4.69) is 60.6 Å². The molecular weight excluding hydrogens is 372 g/mol. The number of carbonyl (C=O) groups excluding carboxylic acids is 1. The Kier molecular flexibility index (Phi) is 7.40. The van der Waals surface area contributed by atoms with Crippen LogP contribution in [0.4, 0.5) is 0 Å². The molecule has 1 aliphatic carbocycles. The van der Waals surface area contributed by atoms with Gasteiger partial charge in [0, 0.05) is 12.5 Å². The average molecular weight is 413 g/mol. The average Bonchev–Trinajstić information content (AvgIpc) is 2.63. The second-order valence-corrected chi connectivity index (χ2v) is 10.3. The van der Waals surface area contributed by atoms with E-state index in [9.17, 15) is 9.90 Å². The van der Waals surface area contributed by atoms with Crippen molar-refractivity contribution in [3.05, 3.63) is 51.6 Å². The number of allylic oxidation sites excluding steroid dienone is 1. The van der Waals surface area contributed by atoms with Gasteiger partial charge in [0.2, 0.25) is 0 Å². The summed E-state index contributed by atoms with van der Waals surface area (Å²) in [5.74, 6) is -0.401. The molecule has 0 radical (unpaired) electrons. The highest BCUT2D eigenvalue weighted by atomic mass is 16.5. The number of esters is 1. The highest BCUT2D eigenvalue weighted by molar-refractivity contribution is 5.83. The molecule has 0 aromatic heterocycles. The maximum atomic E-state index is 11.8. The van der Waals surface area contributed by atoms with Crippen molar-refractivity contribution >= 4 is 11.5 Å². The van der Waals surface area contributed by atoms with Gasteiger partial charge in [0.1, 0.15) is 0 Å². The Labute approximate surface area is 183 Å². The van der Waals surface area contributed by atoms with Gasteiger partial charge >= 0.3 is 5.97 Å². The number of aliphatic hydroxyl groups excluding tert-OH is 1. The van der Waals surface area contributed by atoms with Gasteiger partial charge in [0.25, 0.3) is 0 Å². The Hall–Kier alpha value is -1.87. The van der Waals surface area contributed by atoms with Crippen LogP contribution >= 0.6 is 0 Å². The van der Waals surface area contributed by atoms with E-state index < -0.39 is 12.1 Å². The van der Waals surface area contributed by atoms with Gasteiger partial charge in [-0.05, 0) is 91.7 Å². The fourth-order valence-electron chi connectivity index (χ4n) is 4.45. The summed E-state index contributed by atoms with van der Waals surface area (Å²) in [4.78, 5) is 11.8. The Morgan fingerprint density at radius 3 is 2.13 bits per heavy atom. The number of aliphatic hydroxyl groups is 1. The largest absolute Gasteiger partial charge is 0.463 e. The smallest absolute Gasteiger partial charge is 0.330 e. The van der Waals surface area contributed by atoms with Crippen molar-refractivity contribution in [2.24, 2.45) is 0 Å². The normalized spacial score (nSPS) is 18.4. The van der Waals surface area contributed by atoms with Crippen LogP contribution in [0.5, 0.6) is 0 Å². The first-order chi connectivity index (χ1) is 13.8. The molecule has 0 spiro atoms. The van der Waals surface area contributed by atoms with Crippen molar-refractivity contribution in [2.45, 2.75) is 98.5 Å². The summed E-state index contributed by atoms with van der Waals surface area (Å²) < 4.78 is 4.99. The lowest BCUT2D eigenvalue weighted by Crippen LogP contribution is -2.34. The molecular formula is C27H40O3. The number of aryl methyl sites for hydroxylation is 1. The van der Waals surface area contributed by atoms with Gasteiger partial charge in [-0.2, -0.15) is 0 Å². The van der Waals surface area contributed by atoms with Gasteiger partial charge < -0.3 is 9.84 Å². The maximum Gasteiger partial charge on any atom is 0.330 e. The molecule has 1 atom stereocenters. The summed E-state index contributed by atoms with van der Waals surface area (Å²) in [6.45, 7) is 19.6. The third-order valence-corrected chi connectivity index (χ3v) is 6.68. The monoisotopic (exact) mass is 412 g/mol. The predicted molar refractivity (Wildman–Crippen MR) is 126 cm³/mol. The molecule has 0 saturated heterocycles. The third kappa shape index (κ3) is 5.24. The summed E-state index contributed by atoms with van der Waals surface area (Å²) >= 11 is 0. The lowest BCUT2D eigenvalue weighted by Gasteiger charge is -2.42. The lowest BCUT2D eigenvalue weighted by atomic mass is 9.62. The SMILES string of the molecule is CCOC(=O)/C=C(\C)C(O)CC(=C(C)C)c1cc2c(cc1C)C(C)(C)CCC2(C)C. The number of rotatable bonds is 6. The van der Waals surface area contributed by atoms with Crippen LogP contribution in [-0.2, 0) is 20.4 Å². The van der Waals surface area contributed by atoms with Gasteiger partial charge in [-0.15, -0.1) is 0 Å². The summed E-state index contributed by atoms with van der Waals surface area (Å²) in [5, 5.41) is 10.8. The number of ether oxygens (including phenoxy) is 1. The van der Waals surface area contributed by atoms with E-state index in [4.69, 9.17) is 4.74 Å². The molecule has 1 aromatic rings. The van der Waals surface area contributed by atoms with Crippen LogP contribution < -0.4 is 0 Å². The van der Waals surface area contributed by atoms with Crippen LogP contribution in [-0.4, -0.2) is 23.8 Å². The number of hydrogen-bond acceptors (Lipinski definition) is 3. The Balaban J connectivity index is 2.47. The van der Waals surface area contributed by atoms with Crippen LogP contribution in [0.3, 0.4) is 0 Å². The van der Waals surface area contributed by atoms with Crippen LogP contribution in [0.2, 0.25) is 0 Å². The van der Waals surface area contributed by atoms with Gasteiger partial charge in [-0.3, -0.25) is 0 Å². The molecule has 0 amide bonds. The summed E-state index contributed by atoms with van der Waals surface area (Å²) in [6.07, 6.45) is 3.52. The zero-order valence-electron chi connectivity index (χ0n) is 20.4. The summed E-state index contributed by atoms with van der Waals surface area (Å²) in [6, 6.07) is 4.73. The van der Waals surface area contributed by atoms with Crippen LogP contribution in [0.25, 0.3) is 5.57 Å². The number of benzene rings is 1. The number of carbonyl (C=O) groups is 1. The molecule has 0 aliphatic heterocycles. The van der Waals surface area contributed by atoms with E-state index in [0.717, 1.165) is 5.57 Å². The van der Waals surface area contributed by atoms with E-state index in [0.29, 0.717) is 18.6 Å². The molecule has 0 saturated carbocycles. The van der Waals surface area contributed by atoms with E-state index in [1.54, 1.807) is 13.8 Å². The molecule has 3 heteroatoms. The maximum absolute atomic E-state index is 11.8. The fraction of sp³-hybridized carbons (Fsp3) is 0.593. The Morgan fingerprint density at radius 1 is 1.10 bits per heavy atom. The third-order valence-electron chi connectivity index (χ3n) is 6.68. The van der Waals surface area contributed by atoms with Crippen LogP contribution in [0.15, 0.2) is 29.4 Å². The molecule has 0 bridgehead atoms. The molecule has 1 aliphatic rings. The van der Waals surface area contributed by atoms with Gasteiger partial charge in [-0.1, -0.05) is 45.4 Å². The zero-order chi connectivity index (χ0) is 22.9. The second-order valence-electron chi connectivity index (χ2n) is 10.3. The quantitative estimate of drug-likeness (QED) is 0.434. The highest BCUT2D eigenvalue weighted by Crippen LogP contribution is 2.47. The first kappa shape index (κ1) is 24.4. The van der Waals surface area contributed by atoms with Gasteiger partial charge in [0.05, 0.1) is 12.7 Å². The van der Waals surface area contributed by atoms with Crippen LogP contribution in [0.1, 0.15) is 96.9 Å². The summed E-state index contributed by atoms with van der Waals surface area (Å²) in [7, 11) is 0. The molecule has 30 heavy (non-hydrogen) atoms. The number of hydrogen-bond donors (Lipinski definition) is 1. The molecule has 1 unspecified atom stereocenters. The highest BCUT2D eigenvalue weighted by Gasteiger charge is 2.37. The van der Waals surface area contributed by atoms with Crippen molar-refractivity contribution in [3.8, 4) is 0 Å². The van der Waals surface area contributed by atoms with Gasteiger partial charge in [0.15, 0.2) is 0 Å². The van der Waals surface area contributed by atoms with E-state index in [1.165, 1.54) is 46.7 Å². The van der Waals surface area contributed by atoms with E-state index in [1.807, 2.05) is 0 Å². The second kappa shape index (κ2) is 9.09. The first-order valence-corrected chi connectivity index (χ1v) is 11.2. The summed E-state index contributed by atoms with van der Waals surface area (Å²) in [5.41, 5.74) is 8.61. The minimum Gasteiger partial charge on any atom is -0.463 e. The molecule has 0 heterocycles. The molecule has 1 N–H and O–H groups in total. The Bertz CT molecular complexity index is 864. The first-order valence-electron chi connectivity index (χ1n) is 11.2. The van der Waals surface area contributed by atoms with Crippen molar-refractivity contribution in [2.75, 3.05) is 6.61 Å². The minimum atomic E-state index is -0.723.